The second kappa shape index (κ2) is 11.7. The van der Waals surface area contributed by atoms with Gasteiger partial charge in [0, 0.05) is 31.4 Å². The number of rotatable bonds is 9. The van der Waals surface area contributed by atoms with Gasteiger partial charge in [-0.05, 0) is 47.9 Å². The number of hydrogen-bond acceptors (Lipinski definition) is 6. The second-order valence-electron chi connectivity index (χ2n) is 7.08. The highest BCUT2D eigenvalue weighted by Crippen LogP contribution is 2.28. The van der Waals surface area contributed by atoms with Gasteiger partial charge in [-0.1, -0.05) is 18.2 Å². The van der Waals surface area contributed by atoms with Crippen LogP contribution in [-0.4, -0.2) is 57.4 Å². The summed E-state index contributed by atoms with van der Waals surface area (Å²) in [6.45, 7) is 4.56. The molecule has 0 aromatic heterocycles. The molecule has 7 nitrogen and oxygen atoms in total. The predicted octanol–water partition coefficient (Wildman–Crippen LogP) is 3.12. The average Bonchev–Trinajstić information content (AvgIpc) is 2.82. The van der Waals surface area contributed by atoms with Crippen molar-refractivity contribution in [2.24, 2.45) is 0 Å². The van der Waals surface area contributed by atoms with Gasteiger partial charge in [0.15, 0.2) is 18.1 Å². The van der Waals surface area contributed by atoms with Crippen LogP contribution in [-0.2, 0) is 16.0 Å². The van der Waals surface area contributed by atoms with Crippen LogP contribution in [0.2, 0.25) is 0 Å². The van der Waals surface area contributed by atoms with Crippen LogP contribution < -0.4 is 14.8 Å². The molecular weight excluding hydrogens is 394 g/mol. The molecule has 1 heterocycles. The number of hydrogen-bond donors (Lipinski definition) is 1. The Morgan fingerprint density at radius 2 is 1.97 bits per heavy atom. The van der Waals surface area contributed by atoms with Crippen LogP contribution in [0.4, 0.5) is 5.69 Å². The molecule has 3 rings (SSSR count). The summed E-state index contributed by atoms with van der Waals surface area (Å²) in [6, 6.07) is 15.1. The van der Waals surface area contributed by atoms with Gasteiger partial charge in [0.2, 0.25) is 5.91 Å². The van der Waals surface area contributed by atoms with E-state index in [2.05, 4.69) is 10.2 Å². The quantitative estimate of drug-likeness (QED) is 0.627. The average molecular weight is 421 g/mol. The second-order valence-corrected chi connectivity index (χ2v) is 7.08. The number of carbonyl (C=O) groups is 1. The van der Waals surface area contributed by atoms with Crippen LogP contribution in [0, 0.1) is 11.3 Å². The molecule has 162 valence electrons. The Labute approximate surface area is 182 Å². The van der Waals surface area contributed by atoms with Gasteiger partial charge in [-0.3, -0.25) is 9.69 Å². The van der Waals surface area contributed by atoms with Gasteiger partial charge in [-0.15, -0.1) is 0 Å². The van der Waals surface area contributed by atoms with Crippen LogP contribution in [0.5, 0.6) is 11.5 Å². The van der Waals surface area contributed by atoms with Crippen LogP contribution in [0.15, 0.2) is 48.5 Å². The van der Waals surface area contributed by atoms with Gasteiger partial charge in [-0.2, -0.15) is 5.26 Å². The van der Waals surface area contributed by atoms with Crippen molar-refractivity contribution < 1.29 is 19.0 Å². The minimum atomic E-state index is -0.218. The lowest BCUT2D eigenvalue weighted by Gasteiger charge is -2.26. The van der Waals surface area contributed by atoms with Gasteiger partial charge < -0.3 is 19.5 Å². The molecule has 1 aliphatic heterocycles. The summed E-state index contributed by atoms with van der Waals surface area (Å²) in [4.78, 5) is 14.7. The fourth-order valence-electron chi connectivity index (χ4n) is 3.24. The Balaban J connectivity index is 1.50. The van der Waals surface area contributed by atoms with Gasteiger partial charge in [0.25, 0.3) is 0 Å². The van der Waals surface area contributed by atoms with E-state index in [1.165, 1.54) is 18.7 Å². The number of methoxy groups -OCH3 is 1. The Morgan fingerprint density at radius 1 is 1.19 bits per heavy atom. The van der Waals surface area contributed by atoms with Crippen molar-refractivity contribution in [1.29, 1.82) is 5.26 Å². The number of nitrogens with one attached hydrogen (secondary N) is 1. The summed E-state index contributed by atoms with van der Waals surface area (Å²) < 4.78 is 16.0. The van der Waals surface area contributed by atoms with E-state index >= 15 is 0 Å². The molecule has 0 saturated carbocycles. The monoisotopic (exact) mass is 421 g/mol. The lowest BCUT2D eigenvalue weighted by molar-refractivity contribution is -0.111. The predicted molar refractivity (Wildman–Crippen MR) is 119 cm³/mol. The number of nitriles is 1. The van der Waals surface area contributed by atoms with E-state index in [-0.39, 0.29) is 12.5 Å². The maximum Gasteiger partial charge on any atom is 0.248 e. The number of carbonyl (C=O) groups excluding carboxylic acids is 1. The first-order valence-corrected chi connectivity index (χ1v) is 10.2. The molecule has 1 fully saturated rings. The summed E-state index contributed by atoms with van der Waals surface area (Å²) in [5.74, 6) is 0.773. The molecular formula is C24H27N3O4. The van der Waals surface area contributed by atoms with Crippen molar-refractivity contribution in [3.63, 3.8) is 0 Å². The molecule has 0 radical (unpaired) electrons. The summed E-state index contributed by atoms with van der Waals surface area (Å²) in [7, 11) is 1.53. The molecule has 1 amide bonds. The van der Waals surface area contributed by atoms with Crippen molar-refractivity contribution >= 4 is 17.7 Å². The van der Waals surface area contributed by atoms with E-state index in [0.717, 1.165) is 50.5 Å². The fraction of sp³-hybridized carbons (Fsp3) is 0.333. The molecule has 1 saturated heterocycles. The molecule has 0 atom stereocenters. The highest BCUT2D eigenvalue weighted by atomic mass is 16.5. The lowest BCUT2D eigenvalue weighted by Crippen LogP contribution is -2.37. The third kappa shape index (κ3) is 7.14. The third-order valence-electron chi connectivity index (χ3n) is 4.95. The number of anilines is 1. The van der Waals surface area contributed by atoms with Gasteiger partial charge in [0.05, 0.1) is 20.3 Å². The molecule has 0 bridgehead atoms. The van der Waals surface area contributed by atoms with E-state index in [9.17, 15) is 4.79 Å². The van der Waals surface area contributed by atoms with E-state index in [4.69, 9.17) is 19.5 Å². The molecule has 1 N–H and O–H groups in total. The van der Waals surface area contributed by atoms with Crippen molar-refractivity contribution in [2.75, 3.05) is 51.9 Å². The normalized spacial score (nSPS) is 14.2. The van der Waals surface area contributed by atoms with E-state index in [1.807, 2.05) is 30.3 Å². The molecule has 1 aliphatic rings. The Bertz CT molecular complexity index is 929. The molecule has 7 heteroatoms. The zero-order chi connectivity index (χ0) is 21.9. The van der Waals surface area contributed by atoms with Gasteiger partial charge >= 0.3 is 0 Å². The Hall–Kier alpha value is -3.34. The first kappa shape index (κ1) is 22.3. The minimum absolute atomic E-state index is 0.0556. The van der Waals surface area contributed by atoms with Crippen LogP contribution in [0.1, 0.15) is 11.1 Å². The lowest BCUT2D eigenvalue weighted by atomic mass is 10.1. The first-order valence-electron chi connectivity index (χ1n) is 10.2. The molecule has 31 heavy (non-hydrogen) atoms. The topological polar surface area (TPSA) is 83.8 Å². The molecule has 0 unspecified atom stereocenters. The van der Waals surface area contributed by atoms with Crippen molar-refractivity contribution in [3.05, 3.63) is 59.7 Å². The highest BCUT2D eigenvalue weighted by molar-refractivity contribution is 6.01. The number of nitrogens with zero attached hydrogens (tertiary/aromatic N) is 2. The van der Waals surface area contributed by atoms with E-state index < -0.39 is 0 Å². The largest absolute Gasteiger partial charge is 0.493 e. The van der Waals surface area contributed by atoms with E-state index in [1.54, 1.807) is 24.3 Å². The standard InChI is InChI=1S/C24H27N3O4/c1-29-23-18-20(4-8-22(23)31-15-11-25)5-9-24(28)26-21-6-2-19(3-7-21)10-12-27-13-16-30-17-14-27/h2-9,18H,10,12-17H2,1H3,(H,26,28). The number of amides is 1. The Kier molecular flexibility index (Phi) is 8.47. The smallest absolute Gasteiger partial charge is 0.248 e. The molecule has 0 aliphatic carbocycles. The SMILES string of the molecule is COc1cc(C=CC(=O)Nc2ccc(CCN3CCOCC3)cc2)ccc1OCC#N. The summed E-state index contributed by atoms with van der Waals surface area (Å²) in [5.41, 5.74) is 2.78. The summed E-state index contributed by atoms with van der Waals surface area (Å²) >= 11 is 0. The summed E-state index contributed by atoms with van der Waals surface area (Å²) in [5, 5.41) is 11.5. The Morgan fingerprint density at radius 3 is 2.68 bits per heavy atom. The number of benzene rings is 2. The first-order chi connectivity index (χ1) is 15.2. The highest BCUT2D eigenvalue weighted by Gasteiger charge is 2.10. The van der Waals surface area contributed by atoms with E-state index in [0.29, 0.717) is 11.5 Å². The van der Waals surface area contributed by atoms with Crippen molar-refractivity contribution in [3.8, 4) is 17.6 Å². The zero-order valence-corrected chi connectivity index (χ0v) is 17.7. The maximum absolute atomic E-state index is 12.3. The minimum Gasteiger partial charge on any atom is -0.493 e. The molecule has 0 spiro atoms. The third-order valence-corrected chi connectivity index (χ3v) is 4.95. The van der Waals surface area contributed by atoms with Crippen molar-refractivity contribution in [1.82, 2.24) is 4.90 Å². The van der Waals surface area contributed by atoms with Gasteiger partial charge in [-0.25, -0.2) is 0 Å². The number of morpholine rings is 1. The molecule has 2 aromatic carbocycles. The zero-order valence-electron chi connectivity index (χ0n) is 17.7. The van der Waals surface area contributed by atoms with Crippen LogP contribution in [0.25, 0.3) is 6.08 Å². The van der Waals surface area contributed by atoms with Crippen LogP contribution in [0.3, 0.4) is 0 Å². The maximum atomic E-state index is 12.3. The summed E-state index contributed by atoms with van der Waals surface area (Å²) in [6.07, 6.45) is 4.14. The molecule has 2 aromatic rings. The van der Waals surface area contributed by atoms with Gasteiger partial charge in [0.1, 0.15) is 6.07 Å². The van der Waals surface area contributed by atoms with Crippen molar-refractivity contribution in [2.45, 2.75) is 6.42 Å². The fourth-order valence-corrected chi connectivity index (χ4v) is 3.24. The number of ether oxygens (including phenoxy) is 3. The van der Waals surface area contributed by atoms with Crippen LogP contribution >= 0.6 is 0 Å².